The summed E-state index contributed by atoms with van der Waals surface area (Å²) in [4.78, 5) is 7.28. The molecule has 2 aromatic heterocycles. The molecule has 0 fully saturated rings. The molecular weight excluding hydrogens is 437 g/mol. The Kier molecular flexibility index (Phi) is 7.21. The monoisotopic (exact) mass is 456 g/mol. The predicted molar refractivity (Wildman–Crippen MR) is 104 cm³/mol. The van der Waals surface area contributed by atoms with Gasteiger partial charge in [-0.05, 0) is 39.0 Å². The molecule has 8 nitrogen and oxygen atoms in total. The lowest BCUT2D eigenvalue weighted by Gasteiger charge is -2.16. The summed E-state index contributed by atoms with van der Waals surface area (Å²) in [6, 6.07) is 4.12. The molecule has 0 unspecified atom stereocenters. The SMILES string of the molecule is CCOc1cc(-c2nnc(Sc3nccc(C(F)(F)F)n3)o2)cc(OCC)c1OCC. The van der Waals surface area contributed by atoms with Gasteiger partial charge >= 0.3 is 6.18 Å². The van der Waals surface area contributed by atoms with E-state index in [2.05, 4.69) is 20.2 Å². The van der Waals surface area contributed by atoms with Gasteiger partial charge in [0.25, 0.3) is 5.22 Å². The summed E-state index contributed by atoms with van der Waals surface area (Å²) in [7, 11) is 0. The summed E-state index contributed by atoms with van der Waals surface area (Å²) in [5.74, 6) is 1.47. The topological polar surface area (TPSA) is 92.4 Å². The van der Waals surface area contributed by atoms with Crippen molar-refractivity contribution in [2.75, 3.05) is 19.8 Å². The molecule has 0 N–H and O–H groups in total. The largest absolute Gasteiger partial charge is 0.490 e. The van der Waals surface area contributed by atoms with E-state index >= 15 is 0 Å². The summed E-state index contributed by atoms with van der Waals surface area (Å²) in [6.45, 7) is 6.72. The lowest BCUT2D eigenvalue weighted by molar-refractivity contribution is -0.141. The maximum atomic E-state index is 12.8. The quantitative estimate of drug-likeness (QED) is 0.417. The molecule has 3 aromatic rings. The zero-order valence-corrected chi connectivity index (χ0v) is 17.7. The molecule has 31 heavy (non-hydrogen) atoms. The number of rotatable bonds is 9. The fourth-order valence-electron chi connectivity index (χ4n) is 2.51. The average Bonchev–Trinajstić information content (AvgIpc) is 3.18. The molecule has 0 aliphatic rings. The Labute approximate surface area is 180 Å². The number of benzene rings is 1. The number of ether oxygens (including phenoxy) is 3. The second-order valence-electron chi connectivity index (χ2n) is 5.80. The smallest absolute Gasteiger partial charge is 0.433 e. The summed E-state index contributed by atoms with van der Waals surface area (Å²) < 4.78 is 61.1. The molecule has 0 aliphatic carbocycles. The molecule has 0 saturated carbocycles. The van der Waals surface area contributed by atoms with Crippen LogP contribution < -0.4 is 14.2 Å². The first-order chi connectivity index (χ1) is 14.9. The van der Waals surface area contributed by atoms with Gasteiger partial charge in [0.15, 0.2) is 16.7 Å². The average molecular weight is 456 g/mol. The van der Waals surface area contributed by atoms with Crippen molar-refractivity contribution in [3.05, 3.63) is 30.1 Å². The predicted octanol–water partition coefficient (Wildman–Crippen LogP) is 4.89. The fourth-order valence-corrected chi connectivity index (χ4v) is 3.12. The van der Waals surface area contributed by atoms with Gasteiger partial charge in [-0.1, -0.05) is 0 Å². The number of hydrogen-bond acceptors (Lipinski definition) is 9. The maximum Gasteiger partial charge on any atom is 0.433 e. The summed E-state index contributed by atoms with van der Waals surface area (Å²) in [6.07, 6.45) is -3.56. The highest BCUT2D eigenvalue weighted by Crippen LogP contribution is 2.42. The van der Waals surface area contributed by atoms with E-state index in [0.29, 0.717) is 42.6 Å². The lowest BCUT2D eigenvalue weighted by Crippen LogP contribution is -2.08. The molecule has 0 aliphatic heterocycles. The van der Waals surface area contributed by atoms with Crippen LogP contribution in [0.3, 0.4) is 0 Å². The highest BCUT2D eigenvalue weighted by molar-refractivity contribution is 7.98. The van der Waals surface area contributed by atoms with Gasteiger partial charge in [-0.15, -0.1) is 10.2 Å². The standard InChI is InChI=1S/C19H19F3N4O4S/c1-4-27-12-9-11(10-13(28-5-2)15(12)29-6-3)16-25-26-18(30-16)31-17-23-8-7-14(24-17)19(20,21)22/h7-10H,4-6H2,1-3H3. The van der Waals surface area contributed by atoms with Crippen LogP contribution in [0.15, 0.2) is 39.2 Å². The number of alkyl halides is 3. The van der Waals surface area contributed by atoms with Crippen molar-refractivity contribution < 1.29 is 31.8 Å². The third kappa shape index (κ3) is 5.57. The van der Waals surface area contributed by atoms with Crippen LogP contribution in [0.25, 0.3) is 11.5 Å². The van der Waals surface area contributed by atoms with Crippen molar-refractivity contribution in [2.24, 2.45) is 0 Å². The Hall–Kier alpha value is -3.02. The van der Waals surface area contributed by atoms with Crippen molar-refractivity contribution >= 4 is 11.8 Å². The molecule has 12 heteroatoms. The van der Waals surface area contributed by atoms with Crippen LogP contribution >= 0.6 is 11.8 Å². The van der Waals surface area contributed by atoms with Crippen molar-refractivity contribution in [1.29, 1.82) is 0 Å². The molecule has 0 saturated heterocycles. The van der Waals surface area contributed by atoms with E-state index in [1.54, 1.807) is 12.1 Å². The maximum absolute atomic E-state index is 12.8. The summed E-state index contributed by atoms with van der Waals surface area (Å²) >= 11 is 0.724. The molecule has 166 valence electrons. The Morgan fingerprint density at radius 1 is 0.968 bits per heavy atom. The third-order valence-corrected chi connectivity index (χ3v) is 4.38. The second kappa shape index (κ2) is 9.86. The van der Waals surface area contributed by atoms with Crippen LogP contribution in [-0.4, -0.2) is 40.0 Å². The van der Waals surface area contributed by atoms with E-state index < -0.39 is 11.9 Å². The second-order valence-corrected chi connectivity index (χ2v) is 6.72. The van der Waals surface area contributed by atoms with E-state index in [-0.39, 0.29) is 16.3 Å². The van der Waals surface area contributed by atoms with Gasteiger partial charge in [-0.25, -0.2) is 9.97 Å². The van der Waals surface area contributed by atoms with Gasteiger partial charge in [-0.2, -0.15) is 13.2 Å². The van der Waals surface area contributed by atoms with E-state index in [9.17, 15) is 13.2 Å². The van der Waals surface area contributed by atoms with Crippen LogP contribution in [0, 0.1) is 0 Å². The normalized spacial score (nSPS) is 11.4. The molecule has 0 spiro atoms. The molecule has 2 heterocycles. The van der Waals surface area contributed by atoms with Crippen molar-refractivity contribution in [1.82, 2.24) is 20.2 Å². The zero-order chi connectivity index (χ0) is 22.4. The minimum absolute atomic E-state index is 0.0147. The molecule has 0 bridgehead atoms. The van der Waals surface area contributed by atoms with E-state index in [0.717, 1.165) is 24.0 Å². The lowest BCUT2D eigenvalue weighted by atomic mass is 10.2. The number of nitrogens with zero attached hydrogens (tertiary/aromatic N) is 4. The van der Waals surface area contributed by atoms with Crippen LogP contribution in [0.4, 0.5) is 13.2 Å². The highest BCUT2D eigenvalue weighted by atomic mass is 32.2. The molecule has 3 rings (SSSR count). The fraction of sp³-hybridized carbons (Fsp3) is 0.368. The molecule has 0 atom stereocenters. The minimum Gasteiger partial charge on any atom is -0.490 e. The molecule has 1 aromatic carbocycles. The van der Waals surface area contributed by atoms with Gasteiger partial charge in [-0.3, -0.25) is 0 Å². The molecule has 0 amide bonds. The molecular formula is C19H19F3N4O4S. The molecule has 0 radical (unpaired) electrons. The Morgan fingerprint density at radius 2 is 1.61 bits per heavy atom. The van der Waals surface area contributed by atoms with E-state index in [1.807, 2.05) is 20.8 Å². The summed E-state index contributed by atoms with van der Waals surface area (Å²) in [5, 5.41) is 7.65. The Bertz CT molecular complexity index is 1000. The highest BCUT2D eigenvalue weighted by Gasteiger charge is 2.33. The van der Waals surface area contributed by atoms with Crippen LogP contribution in [0.1, 0.15) is 26.5 Å². The Balaban J connectivity index is 1.91. The van der Waals surface area contributed by atoms with Gasteiger partial charge in [0, 0.05) is 23.5 Å². The summed E-state index contributed by atoms with van der Waals surface area (Å²) in [5.41, 5.74) is -0.557. The van der Waals surface area contributed by atoms with Gasteiger partial charge in [0.2, 0.25) is 11.6 Å². The van der Waals surface area contributed by atoms with Crippen LogP contribution in [-0.2, 0) is 6.18 Å². The first-order valence-corrected chi connectivity index (χ1v) is 10.2. The van der Waals surface area contributed by atoms with Gasteiger partial charge in [0.1, 0.15) is 5.69 Å². The number of halogens is 3. The number of hydrogen-bond donors (Lipinski definition) is 0. The number of aromatic nitrogens is 4. The third-order valence-electron chi connectivity index (χ3n) is 3.67. The van der Waals surface area contributed by atoms with Crippen LogP contribution in [0.2, 0.25) is 0 Å². The van der Waals surface area contributed by atoms with E-state index in [1.165, 1.54) is 0 Å². The van der Waals surface area contributed by atoms with Gasteiger partial charge < -0.3 is 18.6 Å². The van der Waals surface area contributed by atoms with Gasteiger partial charge in [0.05, 0.1) is 19.8 Å². The van der Waals surface area contributed by atoms with E-state index in [4.69, 9.17) is 18.6 Å². The van der Waals surface area contributed by atoms with Crippen molar-refractivity contribution in [2.45, 2.75) is 37.3 Å². The zero-order valence-electron chi connectivity index (χ0n) is 16.9. The first kappa shape index (κ1) is 22.7. The first-order valence-electron chi connectivity index (χ1n) is 9.34. The van der Waals surface area contributed by atoms with Crippen molar-refractivity contribution in [3.63, 3.8) is 0 Å². The Morgan fingerprint density at radius 3 is 2.19 bits per heavy atom. The van der Waals surface area contributed by atoms with Crippen LogP contribution in [0.5, 0.6) is 17.2 Å². The minimum atomic E-state index is -4.58. The van der Waals surface area contributed by atoms with Crippen molar-refractivity contribution in [3.8, 4) is 28.7 Å².